The molecule has 2 fully saturated rings. The zero-order valence-electron chi connectivity index (χ0n) is 10.1. The minimum atomic E-state index is -0.521. The van der Waals surface area contributed by atoms with Crippen LogP contribution in [0.1, 0.15) is 19.3 Å². The molecule has 1 heterocycles. The summed E-state index contributed by atoms with van der Waals surface area (Å²) in [5.41, 5.74) is 0. The molecular weight excluding hydrogens is 222 g/mol. The van der Waals surface area contributed by atoms with Crippen molar-refractivity contribution in [2.75, 3.05) is 20.6 Å². The van der Waals surface area contributed by atoms with Crippen LogP contribution in [-0.2, 0) is 14.4 Å². The second-order valence-electron chi connectivity index (χ2n) is 4.76. The highest BCUT2D eigenvalue weighted by Crippen LogP contribution is 2.31. The lowest BCUT2D eigenvalue weighted by Crippen LogP contribution is -2.43. The Kier molecular flexibility index (Phi) is 3.15. The first-order chi connectivity index (χ1) is 8.00. The molecule has 1 aliphatic heterocycles. The summed E-state index contributed by atoms with van der Waals surface area (Å²) < 4.78 is 0. The van der Waals surface area contributed by atoms with E-state index in [1.807, 2.05) is 0 Å². The summed E-state index contributed by atoms with van der Waals surface area (Å²) in [6.45, 7) is 0.0925. The molecule has 1 saturated carbocycles. The molecule has 94 valence electrons. The Bertz CT molecular complexity index is 363. The molecule has 0 bridgehead atoms. The van der Waals surface area contributed by atoms with Crippen LogP contribution in [0, 0.1) is 0 Å². The predicted molar refractivity (Wildman–Crippen MR) is 60.0 cm³/mol. The van der Waals surface area contributed by atoms with Crippen molar-refractivity contribution in [1.29, 1.82) is 0 Å². The number of rotatable bonds is 4. The van der Waals surface area contributed by atoms with Crippen molar-refractivity contribution >= 4 is 17.7 Å². The van der Waals surface area contributed by atoms with E-state index in [2.05, 4.69) is 5.32 Å². The Labute approximate surface area is 99.9 Å². The van der Waals surface area contributed by atoms with Crippen molar-refractivity contribution in [1.82, 2.24) is 15.1 Å². The van der Waals surface area contributed by atoms with Gasteiger partial charge in [-0.1, -0.05) is 0 Å². The molecule has 1 unspecified atom stereocenters. The lowest BCUT2D eigenvalue weighted by Gasteiger charge is -2.15. The van der Waals surface area contributed by atoms with E-state index < -0.39 is 6.04 Å². The van der Waals surface area contributed by atoms with Gasteiger partial charge in [0.05, 0.1) is 19.0 Å². The Balaban J connectivity index is 1.88. The van der Waals surface area contributed by atoms with Crippen LogP contribution in [0.15, 0.2) is 0 Å². The summed E-state index contributed by atoms with van der Waals surface area (Å²) >= 11 is 0. The Morgan fingerprint density at radius 2 is 2.06 bits per heavy atom. The molecule has 2 rings (SSSR count). The summed E-state index contributed by atoms with van der Waals surface area (Å²) in [5, 5.41) is 2.85. The molecule has 1 atom stereocenters. The molecule has 0 radical (unpaired) electrons. The molecule has 17 heavy (non-hydrogen) atoms. The summed E-state index contributed by atoms with van der Waals surface area (Å²) in [6.07, 6.45) is 2.01. The van der Waals surface area contributed by atoms with Gasteiger partial charge in [0.25, 0.3) is 0 Å². The number of imide groups is 1. The normalized spacial score (nSPS) is 24.4. The van der Waals surface area contributed by atoms with Crippen molar-refractivity contribution < 1.29 is 14.4 Å². The second kappa shape index (κ2) is 4.44. The van der Waals surface area contributed by atoms with Crippen molar-refractivity contribution in [2.24, 2.45) is 0 Å². The minimum Gasteiger partial charge on any atom is -0.348 e. The zero-order chi connectivity index (χ0) is 12.6. The number of amides is 3. The van der Waals surface area contributed by atoms with Gasteiger partial charge in [0, 0.05) is 20.1 Å². The highest BCUT2D eigenvalue weighted by molar-refractivity contribution is 6.06. The molecule has 1 saturated heterocycles. The molecular formula is C11H17N3O3. The summed E-state index contributed by atoms with van der Waals surface area (Å²) in [4.78, 5) is 37.7. The van der Waals surface area contributed by atoms with Gasteiger partial charge in [-0.25, -0.2) is 0 Å². The van der Waals surface area contributed by atoms with E-state index >= 15 is 0 Å². The number of likely N-dealkylation sites (N-methyl/N-ethyl adjacent to an activating group) is 1. The SMILES string of the molecule is CN(C)C(=O)CNC1CC(=O)N(C2CC2)C1=O. The monoisotopic (exact) mass is 239 g/mol. The number of hydrogen-bond acceptors (Lipinski definition) is 4. The van der Waals surface area contributed by atoms with E-state index in [4.69, 9.17) is 0 Å². The number of likely N-dealkylation sites (tertiary alicyclic amines) is 1. The Morgan fingerprint density at radius 3 is 2.59 bits per heavy atom. The first-order valence-corrected chi connectivity index (χ1v) is 5.80. The van der Waals surface area contributed by atoms with Crippen molar-refractivity contribution in [3.05, 3.63) is 0 Å². The maximum Gasteiger partial charge on any atom is 0.247 e. The fourth-order valence-corrected chi connectivity index (χ4v) is 1.90. The van der Waals surface area contributed by atoms with E-state index in [0.717, 1.165) is 12.8 Å². The lowest BCUT2D eigenvalue weighted by atomic mass is 10.2. The van der Waals surface area contributed by atoms with Gasteiger partial charge in [-0.05, 0) is 12.8 Å². The molecule has 6 nitrogen and oxygen atoms in total. The Hall–Kier alpha value is -1.43. The van der Waals surface area contributed by atoms with Crippen LogP contribution in [0.4, 0.5) is 0 Å². The number of hydrogen-bond donors (Lipinski definition) is 1. The van der Waals surface area contributed by atoms with Crippen LogP contribution < -0.4 is 5.32 Å². The lowest BCUT2D eigenvalue weighted by molar-refractivity contribution is -0.139. The average molecular weight is 239 g/mol. The van der Waals surface area contributed by atoms with Crippen LogP contribution in [0.5, 0.6) is 0 Å². The third kappa shape index (κ3) is 2.46. The van der Waals surface area contributed by atoms with Gasteiger partial charge >= 0.3 is 0 Å². The molecule has 0 aromatic carbocycles. The van der Waals surface area contributed by atoms with Crippen LogP contribution in [-0.4, -0.2) is 60.2 Å². The van der Waals surface area contributed by atoms with Crippen LogP contribution in [0.3, 0.4) is 0 Å². The molecule has 1 aliphatic carbocycles. The largest absolute Gasteiger partial charge is 0.348 e. The highest BCUT2D eigenvalue weighted by atomic mass is 16.2. The molecule has 3 amide bonds. The third-order valence-electron chi connectivity index (χ3n) is 3.09. The fourth-order valence-electron chi connectivity index (χ4n) is 1.90. The standard InChI is InChI=1S/C11H17N3O3/c1-13(2)10(16)6-12-8-5-9(15)14(11(8)17)7-3-4-7/h7-8,12H,3-6H2,1-2H3. The van der Waals surface area contributed by atoms with Gasteiger partial charge in [-0.15, -0.1) is 0 Å². The highest BCUT2D eigenvalue weighted by Gasteiger charge is 2.45. The van der Waals surface area contributed by atoms with E-state index in [9.17, 15) is 14.4 Å². The summed E-state index contributed by atoms with van der Waals surface area (Å²) in [5.74, 6) is -0.397. The van der Waals surface area contributed by atoms with Crippen LogP contribution >= 0.6 is 0 Å². The van der Waals surface area contributed by atoms with Gasteiger partial charge in [0.2, 0.25) is 17.7 Å². The van der Waals surface area contributed by atoms with E-state index in [-0.39, 0.29) is 36.7 Å². The van der Waals surface area contributed by atoms with E-state index in [1.165, 1.54) is 9.80 Å². The molecule has 2 aliphatic rings. The van der Waals surface area contributed by atoms with Crippen molar-refractivity contribution in [3.63, 3.8) is 0 Å². The van der Waals surface area contributed by atoms with Gasteiger partial charge in [0.15, 0.2) is 0 Å². The van der Waals surface area contributed by atoms with Crippen molar-refractivity contribution in [3.8, 4) is 0 Å². The average Bonchev–Trinajstić information content (AvgIpc) is 3.03. The topological polar surface area (TPSA) is 69.7 Å². The maximum absolute atomic E-state index is 11.9. The molecule has 0 aromatic rings. The predicted octanol–water partition coefficient (Wildman–Crippen LogP) is -1.05. The van der Waals surface area contributed by atoms with Crippen LogP contribution in [0.2, 0.25) is 0 Å². The van der Waals surface area contributed by atoms with Crippen molar-refractivity contribution in [2.45, 2.75) is 31.3 Å². The quantitative estimate of drug-likeness (QED) is 0.636. The summed E-state index contributed by atoms with van der Waals surface area (Å²) in [6, 6.07) is -0.404. The molecule has 6 heteroatoms. The first-order valence-electron chi connectivity index (χ1n) is 5.80. The Morgan fingerprint density at radius 1 is 1.41 bits per heavy atom. The number of carbonyl (C=O) groups excluding carboxylic acids is 3. The second-order valence-corrected chi connectivity index (χ2v) is 4.76. The number of nitrogens with one attached hydrogen (secondary N) is 1. The maximum atomic E-state index is 11.9. The smallest absolute Gasteiger partial charge is 0.247 e. The van der Waals surface area contributed by atoms with Crippen LogP contribution in [0.25, 0.3) is 0 Å². The summed E-state index contributed by atoms with van der Waals surface area (Å²) in [7, 11) is 3.31. The van der Waals surface area contributed by atoms with Gasteiger partial charge in [-0.2, -0.15) is 0 Å². The van der Waals surface area contributed by atoms with Gasteiger partial charge in [0.1, 0.15) is 0 Å². The minimum absolute atomic E-state index is 0.0925. The molecule has 0 spiro atoms. The molecule has 0 aromatic heterocycles. The third-order valence-corrected chi connectivity index (χ3v) is 3.09. The number of nitrogens with zero attached hydrogens (tertiary/aromatic N) is 2. The van der Waals surface area contributed by atoms with Gasteiger partial charge in [-0.3, -0.25) is 24.6 Å². The number of carbonyl (C=O) groups is 3. The van der Waals surface area contributed by atoms with E-state index in [1.54, 1.807) is 14.1 Å². The zero-order valence-corrected chi connectivity index (χ0v) is 10.1. The first kappa shape index (κ1) is 12.0. The fraction of sp³-hybridized carbons (Fsp3) is 0.727. The van der Waals surface area contributed by atoms with E-state index in [0.29, 0.717) is 0 Å². The van der Waals surface area contributed by atoms with Gasteiger partial charge < -0.3 is 4.90 Å². The molecule has 1 N–H and O–H groups in total.